The lowest BCUT2D eigenvalue weighted by molar-refractivity contribution is -0.157. The molecule has 0 saturated carbocycles. The molecule has 2 atom stereocenters. The molecular weight excluding hydrogens is 318 g/mol. The first kappa shape index (κ1) is 18.0. The molecule has 1 fully saturated rings. The van der Waals surface area contributed by atoms with E-state index in [1.807, 2.05) is 38.9 Å². The van der Waals surface area contributed by atoms with E-state index in [9.17, 15) is 9.59 Å². The van der Waals surface area contributed by atoms with Gasteiger partial charge >= 0.3 is 5.97 Å². The lowest BCUT2D eigenvalue weighted by Crippen LogP contribution is -2.43. The first-order valence-corrected chi connectivity index (χ1v) is 9.37. The molecule has 0 unspecified atom stereocenters. The molecule has 0 bridgehead atoms. The molecule has 25 heavy (non-hydrogen) atoms. The minimum atomic E-state index is -0.571. The Kier molecular flexibility index (Phi) is 4.89. The number of carbonyl (C=O) groups is 2. The first-order valence-electron chi connectivity index (χ1n) is 9.37. The van der Waals surface area contributed by atoms with E-state index in [2.05, 4.69) is 5.10 Å². The van der Waals surface area contributed by atoms with Crippen molar-refractivity contribution in [3.8, 4) is 0 Å². The molecular formula is C19H29N3O3. The monoisotopic (exact) mass is 347 g/mol. The van der Waals surface area contributed by atoms with Gasteiger partial charge in [-0.3, -0.25) is 14.3 Å². The lowest BCUT2D eigenvalue weighted by Gasteiger charge is -2.32. The van der Waals surface area contributed by atoms with E-state index in [-0.39, 0.29) is 23.7 Å². The van der Waals surface area contributed by atoms with Crippen LogP contribution in [0.25, 0.3) is 0 Å². The van der Waals surface area contributed by atoms with Gasteiger partial charge in [-0.05, 0) is 38.5 Å². The van der Waals surface area contributed by atoms with Crippen molar-refractivity contribution in [2.45, 2.75) is 52.4 Å². The summed E-state index contributed by atoms with van der Waals surface area (Å²) in [6.45, 7) is 7.39. The van der Waals surface area contributed by atoms with E-state index in [4.69, 9.17) is 4.74 Å². The van der Waals surface area contributed by atoms with Gasteiger partial charge in [0.2, 0.25) is 5.91 Å². The first-order chi connectivity index (χ1) is 11.9. The number of rotatable bonds is 4. The highest BCUT2D eigenvalue weighted by Gasteiger charge is 2.50. The Morgan fingerprint density at radius 1 is 1.44 bits per heavy atom. The number of esters is 1. The minimum absolute atomic E-state index is 0.123. The van der Waals surface area contributed by atoms with Crippen molar-refractivity contribution in [1.82, 2.24) is 14.7 Å². The van der Waals surface area contributed by atoms with Gasteiger partial charge in [0.15, 0.2) is 0 Å². The summed E-state index contributed by atoms with van der Waals surface area (Å²) in [7, 11) is 1.90. The second-order valence-electron chi connectivity index (χ2n) is 7.69. The normalized spacial score (nSPS) is 26.0. The molecule has 1 aromatic rings. The van der Waals surface area contributed by atoms with Crippen molar-refractivity contribution in [1.29, 1.82) is 0 Å². The average molecular weight is 347 g/mol. The molecule has 138 valence electrons. The van der Waals surface area contributed by atoms with Gasteiger partial charge in [-0.15, -0.1) is 0 Å². The smallest absolute Gasteiger partial charge is 0.314 e. The summed E-state index contributed by atoms with van der Waals surface area (Å²) in [6.07, 6.45) is 5.46. The fraction of sp³-hybridized carbons (Fsp3) is 0.737. The molecule has 0 aromatic carbocycles. The molecule has 1 aliphatic heterocycles. The Balaban J connectivity index is 1.80. The lowest BCUT2D eigenvalue weighted by atomic mass is 9.76. The molecule has 6 heteroatoms. The van der Waals surface area contributed by atoms with Gasteiger partial charge in [0.05, 0.1) is 23.6 Å². The Labute approximate surface area is 149 Å². The highest BCUT2D eigenvalue weighted by molar-refractivity contribution is 5.86. The number of carbonyl (C=O) groups excluding carboxylic acids is 2. The highest BCUT2D eigenvalue weighted by Crippen LogP contribution is 2.41. The number of aryl methyl sites for hydroxylation is 2. The van der Waals surface area contributed by atoms with Crippen LogP contribution in [0.5, 0.6) is 0 Å². The van der Waals surface area contributed by atoms with Crippen LogP contribution in [0, 0.1) is 11.3 Å². The highest BCUT2D eigenvalue weighted by atomic mass is 16.5. The third-order valence-corrected chi connectivity index (χ3v) is 5.92. The number of amides is 1. The molecule has 2 heterocycles. The predicted octanol–water partition coefficient (Wildman–Crippen LogP) is 2.28. The second-order valence-corrected chi connectivity index (χ2v) is 7.69. The van der Waals surface area contributed by atoms with Crippen LogP contribution in [0.15, 0.2) is 6.20 Å². The molecule has 6 nitrogen and oxygen atoms in total. The Morgan fingerprint density at radius 2 is 2.20 bits per heavy atom. The van der Waals surface area contributed by atoms with Gasteiger partial charge in [0.25, 0.3) is 0 Å². The van der Waals surface area contributed by atoms with Crippen LogP contribution in [0.2, 0.25) is 0 Å². The minimum Gasteiger partial charge on any atom is -0.466 e. The molecule has 1 amide bonds. The van der Waals surface area contributed by atoms with E-state index in [0.717, 1.165) is 30.5 Å². The molecule has 1 aromatic heterocycles. The zero-order valence-corrected chi connectivity index (χ0v) is 15.7. The Morgan fingerprint density at radius 3 is 2.88 bits per heavy atom. The zero-order valence-electron chi connectivity index (χ0n) is 15.7. The summed E-state index contributed by atoms with van der Waals surface area (Å²) < 4.78 is 7.14. The summed E-state index contributed by atoms with van der Waals surface area (Å²) in [4.78, 5) is 27.7. The quantitative estimate of drug-likeness (QED) is 0.784. The number of hydrogen-bond acceptors (Lipinski definition) is 4. The maximum atomic E-state index is 13.2. The number of aromatic nitrogens is 2. The van der Waals surface area contributed by atoms with Crippen LogP contribution in [0.3, 0.4) is 0 Å². The van der Waals surface area contributed by atoms with Gasteiger partial charge in [0.1, 0.15) is 0 Å². The molecule has 1 saturated heterocycles. The summed E-state index contributed by atoms with van der Waals surface area (Å²) in [6, 6.07) is 0. The van der Waals surface area contributed by atoms with E-state index in [1.165, 1.54) is 0 Å². The maximum absolute atomic E-state index is 13.2. The summed E-state index contributed by atoms with van der Waals surface area (Å²) in [5.74, 6) is -0.000879. The SMILES string of the molecule is CCOC(=O)[C@]1(C(C)C)CCN(C(=O)[C@H]2CCCc3nn(C)cc32)C1. The summed E-state index contributed by atoms with van der Waals surface area (Å²) in [5, 5.41) is 4.49. The molecule has 3 rings (SSSR count). The van der Waals surface area contributed by atoms with Crippen LogP contribution >= 0.6 is 0 Å². The van der Waals surface area contributed by atoms with Crippen LogP contribution in [0.4, 0.5) is 0 Å². The molecule has 0 spiro atoms. The second kappa shape index (κ2) is 6.81. The third-order valence-electron chi connectivity index (χ3n) is 5.92. The van der Waals surface area contributed by atoms with E-state index >= 15 is 0 Å². The van der Waals surface area contributed by atoms with Crippen molar-refractivity contribution in [3.05, 3.63) is 17.5 Å². The number of likely N-dealkylation sites (tertiary alicyclic amines) is 1. The Hall–Kier alpha value is -1.85. The Bertz CT molecular complexity index is 667. The number of fused-ring (bicyclic) bond motifs is 1. The van der Waals surface area contributed by atoms with Crippen LogP contribution in [-0.2, 0) is 27.8 Å². The standard InChI is InChI=1S/C19H29N3O3/c1-5-25-18(24)19(13(2)3)9-10-22(12-19)17(23)14-7-6-8-16-15(14)11-21(4)20-16/h11,13-14H,5-10,12H2,1-4H3/t14-,19+/m0/s1. The van der Waals surface area contributed by atoms with Crippen molar-refractivity contribution in [2.24, 2.45) is 18.4 Å². The van der Waals surface area contributed by atoms with Gasteiger partial charge in [-0.25, -0.2) is 0 Å². The number of hydrogen-bond donors (Lipinski definition) is 0. The molecule has 0 radical (unpaired) electrons. The summed E-state index contributed by atoms with van der Waals surface area (Å²) >= 11 is 0. The number of nitrogens with zero attached hydrogens (tertiary/aromatic N) is 3. The van der Waals surface area contributed by atoms with Gasteiger partial charge in [-0.1, -0.05) is 13.8 Å². The zero-order chi connectivity index (χ0) is 18.2. The summed E-state index contributed by atoms with van der Waals surface area (Å²) in [5.41, 5.74) is 1.54. The van der Waals surface area contributed by atoms with Crippen molar-refractivity contribution >= 4 is 11.9 Å². The molecule has 1 aliphatic carbocycles. The van der Waals surface area contributed by atoms with Crippen molar-refractivity contribution in [2.75, 3.05) is 19.7 Å². The fourth-order valence-corrected chi connectivity index (χ4v) is 4.31. The number of ether oxygens (including phenoxy) is 1. The van der Waals surface area contributed by atoms with Gasteiger partial charge in [0, 0.05) is 31.9 Å². The van der Waals surface area contributed by atoms with Gasteiger partial charge < -0.3 is 9.64 Å². The molecule has 2 aliphatic rings. The van der Waals surface area contributed by atoms with Crippen molar-refractivity contribution < 1.29 is 14.3 Å². The largest absolute Gasteiger partial charge is 0.466 e. The van der Waals surface area contributed by atoms with Crippen LogP contribution in [0.1, 0.15) is 57.2 Å². The maximum Gasteiger partial charge on any atom is 0.314 e. The van der Waals surface area contributed by atoms with Crippen molar-refractivity contribution in [3.63, 3.8) is 0 Å². The van der Waals surface area contributed by atoms with E-state index < -0.39 is 5.41 Å². The van der Waals surface area contributed by atoms with Crippen LogP contribution < -0.4 is 0 Å². The topological polar surface area (TPSA) is 64.4 Å². The van der Waals surface area contributed by atoms with E-state index in [1.54, 1.807) is 4.68 Å². The molecule has 0 N–H and O–H groups in total. The third kappa shape index (κ3) is 3.07. The van der Waals surface area contributed by atoms with Crippen LogP contribution in [-0.4, -0.2) is 46.3 Å². The average Bonchev–Trinajstić information content (AvgIpc) is 3.17. The van der Waals surface area contributed by atoms with Gasteiger partial charge in [-0.2, -0.15) is 5.10 Å². The van der Waals surface area contributed by atoms with E-state index in [0.29, 0.717) is 26.1 Å². The fourth-order valence-electron chi connectivity index (χ4n) is 4.31. The predicted molar refractivity (Wildman–Crippen MR) is 94.0 cm³/mol.